The second-order valence-corrected chi connectivity index (χ2v) is 5.40. The lowest BCUT2D eigenvalue weighted by molar-refractivity contribution is -0.121. The second-order valence-electron chi connectivity index (χ2n) is 4.45. The number of nitrogens with one attached hydrogen (secondary N) is 1. The Bertz CT molecular complexity index is 654. The fraction of sp³-hybridized carbons (Fsp3) is 0.214. The van der Waals surface area contributed by atoms with Crippen molar-refractivity contribution in [2.24, 2.45) is 0 Å². The summed E-state index contributed by atoms with van der Waals surface area (Å²) in [6.07, 6.45) is 0.954. The Morgan fingerprint density at radius 3 is 2.86 bits per heavy atom. The number of anilines is 1. The number of aryl methyl sites for hydroxylation is 1. The van der Waals surface area contributed by atoms with E-state index in [9.17, 15) is 9.59 Å². The number of rotatable bonds is 6. The highest BCUT2D eigenvalue weighted by atomic mass is 32.1. The van der Waals surface area contributed by atoms with Crippen LogP contribution in [-0.2, 0) is 17.8 Å². The van der Waals surface area contributed by atoms with Crippen LogP contribution in [0.3, 0.4) is 0 Å². The van der Waals surface area contributed by atoms with E-state index < -0.39 is 5.97 Å². The Morgan fingerprint density at radius 2 is 2.19 bits per heavy atom. The van der Waals surface area contributed by atoms with Crippen LogP contribution >= 0.6 is 11.3 Å². The summed E-state index contributed by atoms with van der Waals surface area (Å²) in [5, 5.41) is 13.5. The quantitative estimate of drug-likeness (QED) is 0.704. The second kappa shape index (κ2) is 6.85. The topological polar surface area (TPSA) is 105 Å². The predicted molar refractivity (Wildman–Crippen MR) is 80.1 cm³/mol. The van der Waals surface area contributed by atoms with E-state index in [1.54, 1.807) is 6.07 Å². The van der Waals surface area contributed by atoms with Crippen LogP contribution in [0.15, 0.2) is 29.6 Å². The van der Waals surface area contributed by atoms with Crippen molar-refractivity contribution in [1.29, 1.82) is 0 Å². The smallest absolute Gasteiger partial charge is 0.355 e. The Morgan fingerprint density at radius 1 is 1.38 bits per heavy atom. The van der Waals surface area contributed by atoms with Gasteiger partial charge in [0.25, 0.3) is 0 Å². The summed E-state index contributed by atoms with van der Waals surface area (Å²) in [5.74, 6) is -1.17. The fourth-order valence-electron chi connectivity index (χ4n) is 1.76. The van der Waals surface area contributed by atoms with E-state index in [1.165, 1.54) is 16.7 Å². The molecule has 0 unspecified atom stereocenters. The number of carboxylic acids is 1. The van der Waals surface area contributed by atoms with Gasteiger partial charge >= 0.3 is 5.97 Å². The van der Waals surface area contributed by atoms with Gasteiger partial charge in [-0.15, -0.1) is 11.3 Å². The first-order valence-corrected chi connectivity index (χ1v) is 7.21. The molecule has 4 N–H and O–H groups in total. The molecule has 1 aromatic heterocycles. The number of hydrogen-bond acceptors (Lipinski definition) is 5. The third-order valence-electron chi connectivity index (χ3n) is 2.80. The maximum Gasteiger partial charge on any atom is 0.355 e. The Balaban J connectivity index is 1.78. The van der Waals surface area contributed by atoms with Crippen LogP contribution < -0.4 is 11.1 Å². The first-order valence-electron chi connectivity index (χ1n) is 6.33. The molecule has 0 saturated heterocycles. The van der Waals surface area contributed by atoms with E-state index in [0.29, 0.717) is 23.5 Å². The van der Waals surface area contributed by atoms with Crippen LogP contribution in [0, 0.1) is 0 Å². The number of carbonyl (C=O) groups excluding carboxylic acids is 1. The summed E-state index contributed by atoms with van der Waals surface area (Å²) < 4.78 is 0. The molecule has 0 aliphatic rings. The van der Waals surface area contributed by atoms with E-state index >= 15 is 0 Å². The molecular formula is C14H15N3O3S. The standard InChI is InChI=1S/C14H15N3O3S/c15-10-3-1-2-9(6-10)4-5-12(18)16-7-13-17-11(8-21-13)14(19)20/h1-3,6,8H,4-5,7,15H2,(H,16,18)(H,19,20). The molecule has 110 valence electrons. The number of hydrogen-bond donors (Lipinski definition) is 3. The first kappa shape index (κ1) is 15.0. The molecule has 1 amide bonds. The number of amides is 1. The molecule has 0 atom stereocenters. The highest BCUT2D eigenvalue weighted by molar-refractivity contribution is 7.09. The third-order valence-corrected chi connectivity index (χ3v) is 3.65. The molecule has 0 aliphatic carbocycles. The number of nitrogens with zero attached hydrogens (tertiary/aromatic N) is 1. The van der Waals surface area contributed by atoms with Crippen LogP contribution in [0.1, 0.15) is 27.5 Å². The highest BCUT2D eigenvalue weighted by Gasteiger charge is 2.09. The largest absolute Gasteiger partial charge is 0.476 e. The van der Waals surface area contributed by atoms with Crippen LogP contribution in [0.5, 0.6) is 0 Å². The summed E-state index contributed by atoms with van der Waals surface area (Å²) >= 11 is 1.21. The van der Waals surface area contributed by atoms with Crippen molar-refractivity contribution in [2.75, 3.05) is 5.73 Å². The Kier molecular flexibility index (Phi) is 4.89. The molecule has 7 heteroatoms. The number of benzene rings is 1. The van der Waals surface area contributed by atoms with E-state index in [4.69, 9.17) is 10.8 Å². The summed E-state index contributed by atoms with van der Waals surface area (Å²) in [6, 6.07) is 7.41. The molecule has 0 radical (unpaired) electrons. The minimum atomic E-state index is -1.06. The number of thiazole rings is 1. The van der Waals surface area contributed by atoms with Gasteiger partial charge in [0.05, 0.1) is 6.54 Å². The maximum atomic E-state index is 11.7. The van der Waals surface area contributed by atoms with Gasteiger partial charge in [-0.25, -0.2) is 9.78 Å². The van der Waals surface area contributed by atoms with Gasteiger partial charge in [-0.1, -0.05) is 12.1 Å². The molecule has 2 rings (SSSR count). The van der Waals surface area contributed by atoms with Crippen molar-refractivity contribution in [2.45, 2.75) is 19.4 Å². The molecule has 1 heterocycles. The maximum absolute atomic E-state index is 11.7. The molecule has 1 aromatic carbocycles. The van der Waals surface area contributed by atoms with E-state index in [1.807, 2.05) is 18.2 Å². The van der Waals surface area contributed by atoms with Gasteiger partial charge in [0.15, 0.2) is 5.69 Å². The number of carbonyl (C=O) groups is 2. The number of aromatic nitrogens is 1. The van der Waals surface area contributed by atoms with Gasteiger partial charge < -0.3 is 16.2 Å². The number of carboxylic acid groups (broad SMARTS) is 1. The van der Waals surface area contributed by atoms with Crippen LogP contribution in [0.2, 0.25) is 0 Å². The monoisotopic (exact) mass is 305 g/mol. The molecule has 6 nitrogen and oxygen atoms in total. The normalized spacial score (nSPS) is 10.3. The highest BCUT2D eigenvalue weighted by Crippen LogP contribution is 2.10. The zero-order valence-corrected chi connectivity index (χ0v) is 12.0. The molecular weight excluding hydrogens is 290 g/mol. The molecule has 0 bridgehead atoms. The SMILES string of the molecule is Nc1cccc(CCC(=O)NCc2nc(C(=O)O)cs2)c1. The predicted octanol–water partition coefficient (Wildman–Crippen LogP) is 1.67. The van der Waals surface area contributed by atoms with Crippen molar-refractivity contribution in [3.63, 3.8) is 0 Å². The average Bonchev–Trinajstić information content (AvgIpc) is 2.92. The molecule has 0 spiro atoms. The van der Waals surface area contributed by atoms with Gasteiger partial charge in [-0.05, 0) is 24.1 Å². The van der Waals surface area contributed by atoms with Crippen LogP contribution in [0.4, 0.5) is 5.69 Å². The van der Waals surface area contributed by atoms with Gasteiger partial charge in [-0.2, -0.15) is 0 Å². The number of nitrogen functional groups attached to an aromatic ring is 1. The molecule has 0 fully saturated rings. The van der Waals surface area contributed by atoms with E-state index in [-0.39, 0.29) is 18.1 Å². The zero-order valence-electron chi connectivity index (χ0n) is 11.2. The lowest BCUT2D eigenvalue weighted by Gasteiger charge is -2.04. The van der Waals surface area contributed by atoms with Gasteiger partial charge in [0, 0.05) is 17.5 Å². The van der Waals surface area contributed by atoms with Crippen LogP contribution in [0.25, 0.3) is 0 Å². The van der Waals surface area contributed by atoms with Crippen molar-refractivity contribution in [3.05, 3.63) is 45.9 Å². The Labute approximate surface area is 125 Å². The van der Waals surface area contributed by atoms with Gasteiger partial charge in [0.1, 0.15) is 5.01 Å². The lowest BCUT2D eigenvalue weighted by Crippen LogP contribution is -2.23. The minimum absolute atomic E-state index is 0.00371. The zero-order chi connectivity index (χ0) is 15.2. The lowest BCUT2D eigenvalue weighted by atomic mass is 10.1. The van der Waals surface area contributed by atoms with Gasteiger partial charge in [-0.3, -0.25) is 4.79 Å². The van der Waals surface area contributed by atoms with E-state index in [0.717, 1.165) is 5.56 Å². The first-order chi connectivity index (χ1) is 10.0. The third kappa shape index (κ3) is 4.57. The van der Waals surface area contributed by atoms with Gasteiger partial charge in [0.2, 0.25) is 5.91 Å². The number of aromatic carboxylic acids is 1. The van der Waals surface area contributed by atoms with Crippen molar-refractivity contribution in [1.82, 2.24) is 10.3 Å². The molecule has 2 aromatic rings. The molecule has 0 saturated carbocycles. The van der Waals surface area contributed by atoms with E-state index in [2.05, 4.69) is 10.3 Å². The van der Waals surface area contributed by atoms with Crippen LogP contribution in [-0.4, -0.2) is 22.0 Å². The summed E-state index contributed by atoms with van der Waals surface area (Å²) in [7, 11) is 0. The average molecular weight is 305 g/mol. The summed E-state index contributed by atoms with van der Waals surface area (Å²) in [5.41, 5.74) is 7.36. The summed E-state index contributed by atoms with van der Waals surface area (Å²) in [4.78, 5) is 26.3. The Hall–Kier alpha value is -2.41. The van der Waals surface area contributed by atoms with Crippen molar-refractivity contribution in [3.8, 4) is 0 Å². The fourth-order valence-corrected chi connectivity index (χ4v) is 2.47. The summed E-state index contributed by atoms with van der Waals surface area (Å²) in [6.45, 7) is 0.244. The van der Waals surface area contributed by atoms with Crippen molar-refractivity contribution >= 4 is 28.9 Å². The molecule has 0 aliphatic heterocycles. The number of nitrogens with two attached hydrogens (primary N) is 1. The van der Waals surface area contributed by atoms with Crippen molar-refractivity contribution < 1.29 is 14.7 Å². The minimum Gasteiger partial charge on any atom is -0.476 e. The molecule has 21 heavy (non-hydrogen) atoms.